The lowest BCUT2D eigenvalue weighted by atomic mass is 10.2. The number of aromatic nitrogens is 1. The molecule has 6 nitrogen and oxygen atoms in total. The normalized spacial score (nSPS) is 11.2. The molecule has 0 amide bonds. The molecule has 1 aromatic heterocycles. The number of hydrogen-bond acceptors (Lipinski definition) is 5. The number of benzene rings is 1. The SMILES string of the molecule is Cc1ccccc1NS(=O)(=O)c1cnc(NN)c(Cl)c1. The van der Waals surface area contributed by atoms with E-state index in [-0.39, 0.29) is 15.7 Å². The number of pyridine rings is 1. The highest BCUT2D eigenvalue weighted by Gasteiger charge is 2.17. The summed E-state index contributed by atoms with van der Waals surface area (Å²) < 4.78 is 27.0. The summed E-state index contributed by atoms with van der Waals surface area (Å²) in [7, 11) is -3.75. The molecule has 0 aliphatic carbocycles. The van der Waals surface area contributed by atoms with E-state index in [1.165, 1.54) is 12.3 Å². The van der Waals surface area contributed by atoms with Crippen molar-refractivity contribution in [2.75, 3.05) is 10.1 Å². The number of anilines is 2. The Morgan fingerprint density at radius 2 is 2.00 bits per heavy atom. The average Bonchev–Trinajstić information content (AvgIpc) is 2.41. The molecule has 0 aliphatic rings. The van der Waals surface area contributed by atoms with Gasteiger partial charge in [0.2, 0.25) is 0 Å². The van der Waals surface area contributed by atoms with Gasteiger partial charge >= 0.3 is 0 Å². The second kappa shape index (κ2) is 5.66. The van der Waals surface area contributed by atoms with Crippen LogP contribution >= 0.6 is 11.6 Å². The van der Waals surface area contributed by atoms with Crippen LogP contribution in [0.1, 0.15) is 5.56 Å². The standard InChI is InChI=1S/C12H13ClN4O2S/c1-8-4-2-3-5-11(8)17-20(18,19)9-6-10(13)12(16-14)15-7-9/h2-7,17H,14H2,1H3,(H,15,16). The average molecular weight is 313 g/mol. The fourth-order valence-corrected chi connectivity index (χ4v) is 2.95. The maximum absolute atomic E-state index is 12.2. The summed E-state index contributed by atoms with van der Waals surface area (Å²) in [6.45, 7) is 1.81. The van der Waals surface area contributed by atoms with E-state index in [9.17, 15) is 8.42 Å². The molecule has 0 saturated carbocycles. The predicted molar refractivity (Wildman–Crippen MR) is 79.0 cm³/mol. The van der Waals surface area contributed by atoms with Gasteiger partial charge in [-0.1, -0.05) is 29.8 Å². The monoisotopic (exact) mass is 312 g/mol. The summed E-state index contributed by atoms with van der Waals surface area (Å²) in [6.07, 6.45) is 1.18. The van der Waals surface area contributed by atoms with Gasteiger partial charge in [0.1, 0.15) is 4.90 Å². The molecule has 106 valence electrons. The van der Waals surface area contributed by atoms with Crippen molar-refractivity contribution in [1.82, 2.24) is 4.98 Å². The van der Waals surface area contributed by atoms with E-state index in [1.807, 2.05) is 19.1 Å². The van der Waals surface area contributed by atoms with Gasteiger partial charge in [-0.15, -0.1) is 0 Å². The molecule has 2 aromatic rings. The van der Waals surface area contributed by atoms with Crippen LogP contribution in [0.3, 0.4) is 0 Å². The molecule has 2 rings (SSSR count). The number of nitrogens with zero attached hydrogens (tertiary/aromatic N) is 1. The number of nitrogens with two attached hydrogens (primary N) is 1. The van der Waals surface area contributed by atoms with E-state index in [4.69, 9.17) is 17.4 Å². The fourth-order valence-electron chi connectivity index (χ4n) is 1.56. The van der Waals surface area contributed by atoms with Crippen LogP contribution in [0.4, 0.5) is 11.5 Å². The Morgan fingerprint density at radius 3 is 2.60 bits per heavy atom. The minimum Gasteiger partial charge on any atom is -0.307 e. The van der Waals surface area contributed by atoms with Crippen LogP contribution < -0.4 is 16.0 Å². The van der Waals surface area contributed by atoms with Crippen LogP contribution in [-0.2, 0) is 10.0 Å². The van der Waals surface area contributed by atoms with Crippen molar-refractivity contribution in [2.45, 2.75) is 11.8 Å². The van der Waals surface area contributed by atoms with Crippen LogP contribution in [0.2, 0.25) is 5.02 Å². The van der Waals surface area contributed by atoms with E-state index in [2.05, 4.69) is 15.1 Å². The number of rotatable bonds is 4. The van der Waals surface area contributed by atoms with E-state index in [0.717, 1.165) is 5.56 Å². The van der Waals surface area contributed by atoms with Gasteiger partial charge in [-0.25, -0.2) is 19.2 Å². The van der Waals surface area contributed by atoms with Gasteiger partial charge in [0.15, 0.2) is 5.82 Å². The zero-order valence-electron chi connectivity index (χ0n) is 10.6. The third kappa shape index (κ3) is 3.01. The van der Waals surface area contributed by atoms with Crippen molar-refractivity contribution < 1.29 is 8.42 Å². The van der Waals surface area contributed by atoms with Crippen LogP contribution in [0.5, 0.6) is 0 Å². The molecule has 1 heterocycles. The van der Waals surface area contributed by atoms with Crippen molar-refractivity contribution in [3.8, 4) is 0 Å². The van der Waals surface area contributed by atoms with Gasteiger partial charge in [0, 0.05) is 6.20 Å². The van der Waals surface area contributed by atoms with Crippen LogP contribution in [0.15, 0.2) is 41.4 Å². The molecule has 1 aromatic carbocycles. The Kier molecular flexibility index (Phi) is 4.12. The largest absolute Gasteiger partial charge is 0.307 e. The van der Waals surface area contributed by atoms with Crippen molar-refractivity contribution in [3.63, 3.8) is 0 Å². The first-order chi connectivity index (χ1) is 9.44. The summed E-state index contributed by atoms with van der Waals surface area (Å²) in [5.41, 5.74) is 3.59. The lowest BCUT2D eigenvalue weighted by molar-refractivity contribution is 0.601. The van der Waals surface area contributed by atoms with Crippen LogP contribution in [0.25, 0.3) is 0 Å². The zero-order valence-corrected chi connectivity index (χ0v) is 12.2. The summed E-state index contributed by atoms with van der Waals surface area (Å²) >= 11 is 5.87. The third-order valence-corrected chi connectivity index (χ3v) is 4.27. The number of nitrogens with one attached hydrogen (secondary N) is 2. The summed E-state index contributed by atoms with van der Waals surface area (Å²) in [5.74, 6) is 5.40. The maximum atomic E-state index is 12.2. The molecular weight excluding hydrogens is 300 g/mol. The Balaban J connectivity index is 2.36. The van der Waals surface area contributed by atoms with E-state index in [0.29, 0.717) is 5.69 Å². The number of para-hydroxylation sites is 1. The van der Waals surface area contributed by atoms with Crippen LogP contribution in [-0.4, -0.2) is 13.4 Å². The lowest BCUT2D eigenvalue weighted by Gasteiger charge is -2.11. The van der Waals surface area contributed by atoms with Gasteiger partial charge in [0.05, 0.1) is 10.7 Å². The third-order valence-electron chi connectivity index (χ3n) is 2.65. The van der Waals surface area contributed by atoms with Gasteiger partial charge in [-0.05, 0) is 24.6 Å². The molecule has 0 fully saturated rings. The molecule has 0 bridgehead atoms. The number of nitrogen functional groups attached to an aromatic ring is 1. The Morgan fingerprint density at radius 1 is 1.30 bits per heavy atom. The molecule has 8 heteroatoms. The van der Waals surface area contributed by atoms with Crippen molar-refractivity contribution >= 4 is 33.1 Å². The number of hydrogen-bond donors (Lipinski definition) is 3. The Bertz CT molecular complexity index is 734. The molecule has 0 aliphatic heterocycles. The number of aryl methyl sites for hydroxylation is 1. The van der Waals surface area contributed by atoms with Crippen molar-refractivity contribution in [1.29, 1.82) is 0 Å². The summed E-state index contributed by atoms with van der Waals surface area (Å²) in [4.78, 5) is 3.80. The minimum absolute atomic E-state index is 0.0373. The molecule has 0 saturated heterocycles. The topological polar surface area (TPSA) is 97.1 Å². The molecule has 4 N–H and O–H groups in total. The van der Waals surface area contributed by atoms with E-state index in [1.54, 1.807) is 12.1 Å². The second-order valence-electron chi connectivity index (χ2n) is 4.07. The van der Waals surface area contributed by atoms with Crippen LogP contribution in [0, 0.1) is 6.92 Å². The lowest BCUT2D eigenvalue weighted by Crippen LogP contribution is -2.15. The summed E-state index contributed by atoms with van der Waals surface area (Å²) in [5, 5.41) is 0.125. The van der Waals surface area contributed by atoms with Gasteiger partial charge in [-0.3, -0.25) is 4.72 Å². The Labute approximate surface area is 122 Å². The summed E-state index contributed by atoms with van der Waals surface area (Å²) in [6, 6.07) is 8.34. The molecule has 0 radical (unpaired) electrons. The number of hydrazine groups is 1. The molecular formula is C12H13ClN4O2S. The minimum atomic E-state index is -3.75. The number of sulfonamides is 1. The molecule has 0 atom stereocenters. The highest BCUT2D eigenvalue weighted by molar-refractivity contribution is 7.92. The van der Waals surface area contributed by atoms with E-state index < -0.39 is 10.0 Å². The highest BCUT2D eigenvalue weighted by atomic mass is 35.5. The first-order valence-electron chi connectivity index (χ1n) is 5.64. The first kappa shape index (κ1) is 14.6. The van der Waals surface area contributed by atoms with Crippen molar-refractivity contribution in [2.24, 2.45) is 5.84 Å². The number of halogens is 1. The van der Waals surface area contributed by atoms with E-state index >= 15 is 0 Å². The second-order valence-corrected chi connectivity index (χ2v) is 6.16. The predicted octanol–water partition coefficient (Wildman–Crippen LogP) is 2.13. The van der Waals surface area contributed by atoms with Gasteiger partial charge in [-0.2, -0.15) is 0 Å². The first-order valence-corrected chi connectivity index (χ1v) is 7.51. The zero-order chi connectivity index (χ0) is 14.8. The quantitative estimate of drug-likeness (QED) is 0.593. The molecule has 0 spiro atoms. The van der Waals surface area contributed by atoms with Gasteiger partial charge in [0.25, 0.3) is 10.0 Å². The molecule has 0 unspecified atom stereocenters. The van der Waals surface area contributed by atoms with Crippen molar-refractivity contribution in [3.05, 3.63) is 47.1 Å². The fraction of sp³-hybridized carbons (Fsp3) is 0.0833. The maximum Gasteiger partial charge on any atom is 0.263 e. The Hall–Kier alpha value is -1.83. The molecule has 20 heavy (non-hydrogen) atoms. The highest BCUT2D eigenvalue weighted by Crippen LogP contribution is 2.24. The van der Waals surface area contributed by atoms with Gasteiger partial charge < -0.3 is 5.43 Å². The smallest absolute Gasteiger partial charge is 0.263 e.